The first-order valence-corrected chi connectivity index (χ1v) is 18.2. The van der Waals surface area contributed by atoms with Crippen molar-refractivity contribution < 1.29 is 68.0 Å². The van der Waals surface area contributed by atoms with Gasteiger partial charge in [0.2, 0.25) is 11.5 Å². The normalized spacial score (nSPS) is 13.1. The van der Waals surface area contributed by atoms with Crippen LogP contribution >= 0.6 is 0 Å². The van der Waals surface area contributed by atoms with Gasteiger partial charge in [-0.2, -0.15) is 0 Å². The third kappa shape index (κ3) is 17.6. The maximum Gasteiger partial charge on any atom is 0.328 e. The lowest BCUT2D eigenvalue weighted by Crippen LogP contribution is -2.31. The molecule has 2 heterocycles. The van der Waals surface area contributed by atoms with Crippen LogP contribution in [0, 0.1) is 0 Å². The summed E-state index contributed by atoms with van der Waals surface area (Å²) in [4.78, 5) is 48.0. The molecule has 1 saturated heterocycles. The molecule has 1 aliphatic heterocycles. The molecular formula is C42H53N3O14. The van der Waals surface area contributed by atoms with Gasteiger partial charge in [0.15, 0.2) is 23.0 Å². The molecule has 0 amide bonds. The first-order valence-electron chi connectivity index (χ1n) is 18.2. The number of allylic oxidation sites excluding steroid dienone is 1. The van der Waals surface area contributed by atoms with Crippen molar-refractivity contribution in [2.24, 2.45) is 0 Å². The van der Waals surface area contributed by atoms with Crippen LogP contribution < -0.4 is 28.4 Å². The van der Waals surface area contributed by atoms with E-state index in [4.69, 9.17) is 48.8 Å². The molecular weight excluding hydrogens is 770 g/mol. The maximum atomic E-state index is 9.55. The fraction of sp³-hybridized carbons (Fsp3) is 0.357. The summed E-state index contributed by atoms with van der Waals surface area (Å²) in [6, 6.07) is 12.1. The topological polar surface area (TPSA) is 224 Å². The molecule has 0 bridgehead atoms. The van der Waals surface area contributed by atoms with Crippen LogP contribution in [-0.2, 0) is 25.7 Å². The summed E-state index contributed by atoms with van der Waals surface area (Å²) in [7, 11) is 9.76. The molecule has 0 spiro atoms. The first-order chi connectivity index (χ1) is 28.3. The zero-order valence-electron chi connectivity index (χ0n) is 34.1. The zero-order valence-corrected chi connectivity index (χ0v) is 34.1. The quantitative estimate of drug-likeness (QED) is 0.0953. The van der Waals surface area contributed by atoms with Gasteiger partial charge in [0.05, 0.1) is 48.4 Å². The molecule has 4 N–H and O–H groups in total. The van der Waals surface area contributed by atoms with E-state index in [0.29, 0.717) is 58.8 Å². The predicted molar refractivity (Wildman–Crippen MR) is 219 cm³/mol. The second-order valence-corrected chi connectivity index (χ2v) is 12.5. The summed E-state index contributed by atoms with van der Waals surface area (Å²) in [5, 5.41) is 31.2. The van der Waals surface area contributed by atoms with Crippen molar-refractivity contribution >= 4 is 30.0 Å². The number of carboxylic acids is 4. The largest absolute Gasteiger partial charge is 0.493 e. The van der Waals surface area contributed by atoms with Gasteiger partial charge < -0.3 is 53.7 Å². The fourth-order valence-electron chi connectivity index (χ4n) is 5.76. The monoisotopic (exact) mass is 823 g/mol. The molecule has 3 aromatic rings. The lowest BCUT2D eigenvalue weighted by atomic mass is 10.1. The number of methoxy groups -OCH3 is 6. The Labute approximate surface area is 343 Å². The lowest BCUT2D eigenvalue weighted by Gasteiger charge is -2.22. The van der Waals surface area contributed by atoms with E-state index in [1.54, 1.807) is 42.7 Å². The van der Waals surface area contributed by atoms with E-state index in [2.05, 4.69) is 39.1 Å². The summed E-state index contributed by atoms with van der Waals surface area (Å²) in [6.07, 6.45) is 11.7. The number of ether oxygens (including phenoxy) is 6. The number of benzene rings is 2. The number of nitrogens with zero attached hydrogens (tertiary/aromatic N) is 3. The summed E-state index contributed by atoms with van der Waals surface area (Å²) in [5.41, 5.74) is 4.08. The molecule has 4 rings (SSSR count). The number of aliphatic carboxylic acids is 4. The van der Waals surface area contributed by atoms with Crippen LogP contribution in [0.1, 0.15) is 30.4 Å². The van der Waals surface area contributed by atoms with E-state index in [-0.39, 0.29) is 0 Å². The van der Waals surface area contributed by atoms with Crippen LogP contribution in [0.5, 0.6) is 34.5 Å². The number of pyridine rings is 1. The van der Waals surface area contributed by atoms with Crippen LogP contribution in [-0.4, -0.2) is 134 Å². The van der Waals surface area contributed by atoms with E-state index >= 15 is 0 Å². The minimum absolute atomic E-state index is 0.558. The highest BCUT2D eigenvalue weighted by molar-refractivity contribution is 5.90. The molecule has 1 fully saturated rings. The second-order valence-electron chi connectivity index (χ2n) is 12.5. The van der Waals surface area contributed by atoms with Crippen LogP contribution in [0.25, 0.3) is 17.3 Å². The van der Waals surface area contributed by atoms with Crippen molar-refractivity contribution in [2.75, 3.05) is 75.4 Å². The number of rotatable bonds is 18. The molecule has 2 aromatic carbocycles. The van der Waals surface area contributed by atoms with Gasteiger partial charge in [-0.15, -0.1) is 0 Å². The summed E-state index contributed by atoms with van der Waals surface area (Å²) in [5.74, 6) is -1.27. The van der Waals surface area contributed by atoms with Crippen LogP contribution in [0.3, 0.4) is 0 Å². The Kier molecular flexibility index (Phi) is 21.7. The summed E-state index contributed by atoms with van der Waals surface area (Å²) in [6.45, 7) is 6.31. The number of hydrogen-bond acceptors (Lipinski definition) is 13. The highest BCUT2D eigenvalue weighted by atomic mass is 16.5. The Morgan fingerprint density at radius 2 is 1.08 bits per heavy atom. The molecule has 1 aliphatic rings. The molecule has 17 nitrogen and oxygen atoms in total. The Hall–Kier alpha value is -6.59. The SMILES string of the molecule is COc1cc(/C=C/CCCN2CCCN(Cc3ccnc(-c4cc(OC)c(OC)c(OC)c4)c3)CC2)cc(OC)c1OC.O=C(O)/C=C/C(=O)O.O=C(O)/C=C/C(=O)O. The van der Waals surface area contributed by atoms with E-state index < -0.39 is 23.9 Å². The molecule has 1 aromatic heterocycles. The maximum absolute atomic E-state index is 9.55. The first kappa shape index (κ1) is 48.6. The highest BCUT2D eigenvalue weighted by Gasteiger charge is 2.18. The molecule has 0 radical (unpaired) electrons. The van der Waals surface area contributed by atoms with Crippen molar-refractivity contribution in [1.29, 1.82) is 0 Å². The number of carboxylic acid groups (broad SMARTS) is 4. The highest BCUT2D eigenvalue weighted by Crippen LogP contribution is 2.41. The van der Waals surface area contributed by atoms with Crippen molar-refractivity contribution in [3.8, 4) is 45.8 Å². The Morgan fingerprint density at radius 1 is 0.627 bits per heavy atom. The van der Waals surface area contributed by atoms with E-state index in [9.17, 15) is 19.2 Å². The second kappa shape index (κ2) is 26.4. The molecule has 59 heavy (non-hydrogen) atoms. The van der Waals surface area contributed by atoms with Crippen molar-refractivity contribution in [3.63, 3.8) is 0 Å². The van der Waals surface area contributed by atoms with Gasteiger partial charge in [-0.25, -0.2) is 19.2 Å². The van der Waals surface area contributed by atoms with Crippen LogP contribution in [0.4, 0.5) is 0 Å². The van der Waals surface area contributed by atoms with Crippen LogP contribution in [0.2, 0.25) is 0 Å². The molecule has 0 unspecified atom stereocenters. The minimum atomic E-state index is -1.26. The summed E-state index contributed by atoms with van der Waals surface area (Å²) < 4.78 is 32.9. The smallest absolute Gasteiger partial charge is 0.328 e. The molecule has 0 atom stereocenters. The number of aromatic nitrogens is 1. The minimum Gasteiger partial charge on any atom is -0.493 e. The molecule has 0 aliphatic carbocycles. The average Bonchev–Trinajstić information content (AvgIpc) is 3.46. The number of unbranched alkanes of at least 4 members (excludes halogenated alkanes) is 1. The standard InChI is InChI=1S/C34H45N3O6.2C4H4O4/c1-38-29-20-25(21-30(39-2)33(29)42-5)11-8-7-9-14-36-15-10-16-37(18-17-36)24-26-12-13-35-28(19-26)27-22-31(40-3)34(43-6)32(23-27)41-4;2*5-3(6)1-2-4(7)8/h8,11-13,19-23H,7,9-10,14-18,24H2,1-6H3;2*1-2H,(H,5,6)(H,7,8)/b11-8+;2*2-1+. The van der Waals surface area contributed by atoms with Gasteiger partial charge in [0.1, 0.15) is 0 Å². The number of carbonyl (C=O) groups is 4. The third-order valence-corrected chi connectivity index (χ3v) is 8.45. The molecule has 320 valence electrons. The van der Waals surface area contributed by atoms with Gasteiger partial charge in [0, 0.05) is 55.7 Å². The van der Waals surface area contributed by atoms with Crippen molar-refractivity contribution in [2.45, 2.75) is 25.8 Å². The van der Waals surface area contributed by atoms with Gasteiger partial charge in [0.25, 0.3) is 0 Å². The average molecular weight is 824 g/mol. The van der Waals surface area contributed by atoms with Gasteiger partial charge in [-0.1, -0.05) is 12.2 Å². The van der Waals surface area contributed by atoms with E-state index in [1.807, 2.05) is 30.5 Å². The van der Waals surface area contributed by atoms with Gasteiger partial charge in [-0.3, -0.25) is 9.88 Å². The Morgan fingerprint density at radius 3 is 1.54 bits per heavy atom. The Bertz CT molecular complexity index is 1810. The summed E-state index contributed by atoms with van der Waals surface area (Å²) >= 11 is 0. The van der Waals surface area contributed by atoms with Crippen molar-refractivity contribution in [1.82, 2.24) is 14.8 Å². The predicted octanol–water partition coefficient (Wildman–Crippen LogP) is 5.23. The van der Waals surface area contributed by atoms with Crippen LogP contribution in [0.15, 0.2) is 73.0 Å². The lowest BCUT2D eigenvalue weighted by molar-refractivity contribution is -0.134. The van der Waals surface area contributed by atoms with Gasteiger partial charge >= 0.3 is 23.9 Å². The van der Waals surface area contributed by atoms with Crippen molar-refractivity contribution in [3.05, 3.63) is 84.1 Å². The van der Waals surface area contributed by atoms with E-state index in [1.165, 1.54) is 5.56 Å². The fourth-order valence-corrected chi connectivity index (χ4v) is 5.76. The zero-order chi connectivity index (χ0) is 43.7. The Balaban J connectivity index is 0.000000630. The third-order valence-electron chi connectivity index (χ3n) is 8.45. The van der Waals surface area contributed by atoms with E-state index in [0.717, 1.165) is 75.4 Å². The van der Waals surface area contributed by atoms with Gasteiger partial charge in [-0.05, 0) is 86.4 Å². The molecule has 17 heteroatoms. The molecule has 0 saturated carbocycles. The number of hydrogen-bond donors (Lipinski definition) is 4.